The van der Waals surface area contributed by atoms with Gasteiger partial charge in [0.15, 0.2) is 3.95 Å². The fourth-order valence-electron chi connectivity index (χ4n) is 0.642. The van der Waals surface area contributed by atoms with Gasteiger partial charge in [-0.05, 0) is 39.3 Å². The molecule has 5 heteroatoms. The molecule has 0 atom stereocenters. The minimum Gasteiger partial charge on any atom is -0.281 e. The van der Waals surface area contributed by atoms with E-state index in [0.29, 0.717) is 3.95 Å². The van der Waals surface area contributed by atoms with Crippen molar-refractivity contribution in [1.82, 2.24) is 4.57 Å². The topological polar surface area (TPSA) is 22.0 Å². The second kappa shape index (κ2) is 3.41. The summed E-state index contributed by atoms with van der Waals surface area (Å²) in [5.41, 5.74) is 0. The van der Waals surface area contributed by atoms with Crippen LogP contribution in [0.3, 0.4) is 0 Å². The highest BCUT2D eigenvalue weighted by Crippen LogP contribution is 2.04. The predicted molar refractivity (Wildman–Crippen MR) is 47.6 cm³/mol. The SMILES string of the molecule is CCCn1c(=O)ssc1=S. The molecule has 0 radical (unpaired) electrons. The van der Waals surface area contributed by atoms with Gasteiger partial charge in [-0.1, -0.05) is 6.92 Å². The molecule has 0 saturated heterocycles. The van der Waals surface area contributed by atoms with Gasteiger partial charge in [-0.25, -0.2) is 0 Å². The normalized spacial score (nSPS) is 10.1. The van der Waals surface area contributed by atoms with E-state index in [0.717, 1.165) is 13.0 Å². The summed E-state index contributed by atoms with van der Waals surface area (Å²) in [5.74, 6) is 0. The lowest BCUT2D eigenvalue weighted by Gasteiger charge is -1.92. The summed E-state index contributed by atoms with van der Waals surface area (Å²) in [7, 11) is 2.59. The Morgan fingerprint density at radius 1 is 1.60 bits per heavy atom. The van der Waals surface area contributed by atoms with E-state index in [-0.39, 0.29) is 4.87 Å². The van der Waals surface area contributed by atoms with Crippen molar-refractivity contribution in [3.05, 3.63) is 13.6 Å². The smallest absolute Gasteiger partial charge is 0.281 e. The summed E-state index contributed by atoms with van der Waals surface area (Å²) in [6.07, 6.45) is 0.965. The molecule has 0 aliphatic carbocycles. The quantitative estimate of drug-likeness (QED) is 0.530. The molecular formula is C5H7NOS3. The van der Waals surface area contributed by atoms with Gasteiger partial charge < -0.3 is 0 Å². The van der Waals surface area contributed by atoms with E-state index in [1.807, 2.05) is 6.92 Å². The van der Waals surface area contributed by atoms with Crippen LogP contribution in [0.25, 0.3) is 0 Å². The largest absolute Gasteiger partial charge is 0.318 e. The van der Waals surface area contributed by atoms with Crippen molar-refractivity contribution in [3.8, 4) is 0 Å². The third-order valence-electron chi connectivity index (χ3n) is 1.07. The Balaban J connectivity index is 3.11. The van der Waals surface area contributed by atoms with Crippen LogP contribution in [0.5, 0.6) is 0 Å². The summed E-state index contributed by atoms with van der Waals surface area (Å²) in [5, 5.41) is 0. The molecule has 0 aliphatic heterocycles. The first-order valence-corrected chi connectivity index (χ1v) is 5.51. The molecule has 1 heterocycles. The second-order valence-electron chi connectivity index (χ2n) is 1.85. The average molecular weight is 193 g/mol. The van der Waals surface area contributed by atoms with Gasteiger partial charge in [0.1, 0.15) is 0 Å². The van der Waals surface area contributed by atoms with Gasteiger partial charge in [0, 0.05) is 6.54 Å². The predicted octanol–water partition coefficient (Wildman–Crippen LogP) is 2.11. The molecule has 2 nitrogen and oxygen atoms in total. The minimum atomic E-state index is 0.0804. The number of hydrogen-bond donors (Lipinski definition) is 0. The molecular weight excluding hydrogens is 186 g/mol. The van der Waals surface area contributed by atoms with Crippen molar-refractivity contribution in [2.24, 2.45) is 0 Å². The maximum absolute atomic E-state index is 11.0. The van der Waals surface area contributed by atoms with E-state index in [1.54, 1.807) is 4.57 Å². The highest BCUT2D eigenvalue weighted by atomic mass is 32.9. The van der Waals surface area contributed by atoms with E-state index < -0.39 is 0 Å². The molecule has 0 N–H and O–H groups in total. The lowest BCUT2D eigenvalue weighted by atomic mass is 10.5. The number of hydrogen-bond acceptors (Lipinski definition) is 4. The molecule has 56 valence electrons. The Hall–Kier alpha value is -0.0000000000000000555. The number of nitrogens with zero attached hydrogens (tertiary/aromatic N) is 1. The Morgan fingerprint density at radius 2 is 2.30 bits per heavy atom. The number of aromatic nitrogens is 1. The van der Waals surface area contributed by atoms with Crippen LogP contribution in [0.1, 0.15) is 13.3 Å². The highest BCUT2D eigenvalue weighted by Gasteiger charge is 1.97. The monoisotopic (exact) mass is 193 g/mol. The molecule has 0 saturated carbocycles. The molecule has 0 bridgehead atoms. The number of rotatable bonds is 2. The van der Waals surface area contributed by atoms with Crippen LogP contribution < -0.4 is 4.87 Å². The lowest BCUT2D eigenvalue weighted by molar-refractivity contribution is 0.666. The Morgan fingerprint density at radius 3 is 2.70 bits per heavy atom. The molecule has 0 aliphatic rings. The fraction of sp³-hybridized carbons (Fsp3) is 0.600. The molecule has 0 amide bonds. The lowest BCUT2D eigenvalue weighted by Crippen LogP contribution is -2.12. The van der Waals surface area contributed by atoms with Gasteiger partial charge in [-0.3, -0.25) is 9.36 Å². The standard InChI is InChI=1S/C5H7NOS3/c1-2-3-6-4(7)9-10-5(6)8/h2-3H2,1H3. The van der Waals surface area contributed by atoms with Gasteiger partial charge in [0.2, 0.25) is 0 Å². The summed E-state index contributed by atoms with van der Waals surface area (Å²) in [4.78, 5) is 11.0. The molecule has 0 spiro atoms. The second-order valence-corrected chi connectivity index (χ2v) is 4.56. The molecule has 10 heavy (non-hydrogen) atoms. The molecule has 1 rings (SSSR count). The van der Waals surface area contributed by atoms with Crippen molar-refractivity contribution in [2.45, 2.75) is 19.9 Å². The third kappa shape index (κ3) is 1.53. The first kappa shape index (κ1) is 8.10. The van der Waals surface area contributed by atoms with Crippen LogP contribution in [0.15, 0.2) is 4.79 Å². The summed E-state index contributed by atoms with van der Waals surface area (Å²) in [6.45, 7) is 2.79. The highest BCUT2D eigenvalue weighted by molar-refractivity contribution is 7.79. The first-order valence-electron chi connectivity index (χ1n) is 2.95. The molecule has 0 aromatic carbocycles. The van der Waals surface area contributed by atoms with Gasteiger partial charge in [0.25, 0.3) is 0 Å². The van der Waals surface area contributed by atoms with Gasteiger partial charge in [0.05, 0.1) is 0 Å². The van der Waals surface area contributed by atoms with Crippen molar-refractivity contribution in [2.75, 3.05) is 0 Å². The Bertz CT molecular complexity index is 280. The van der Waals surface area contributed by atoms with E-state index in [2.05, 4.69) is 0 Å². The van der Waals surface area contributed by atoms with Gasteiger partial charge in [-0.15, -0.1) is 0 Å². The maximum Gasteiger partial charge on any atom is 0.318 e. The van der Waals surface area contributed by atoms with E-state index >= 15 is 0 Å². The third-order valence-corrected chi connectivity index (χ3v) is 3.82. The van der Waals surface area contributed by atoms with Crippen LogP contribution in [0, 0.1) is 3.95 Å². The average Bonchev–Trinajstić information content (AvgIpc) is 2.20. The fourth-order valence-corrected chi connectivity index (χ4v) is 2.88. The van der Waals surface area contributed by atoms with E-state index in [4.69, 9.17) is 12.2 Å². The van der Waals surface area contributed by atoms with E-state index in [9.17, 15) is 4.79 Å². The van der Waals surface area contributed by atoms with Gasteiger partial charge in [-0.2, -0.15) is 0 Å². The van der Waals surface area contributed by atoms with Crippen molar-refractivity contribution in [3.63, 3.8) is 0 Å². The molecule has 0 fully saturated rings. The summed E-state index contributed by atoms with van der Waals surface area (Å²) in [6, 6.07) is 0. The van der Waals surface area contributed by atoms with Crippen LogP contribution in [0.4, 0.5) is 0 Å². The summed E-state index contributed by atoms with van der Waals surface area (Å²) >= 11 is 4.93. The minimum absolute atomic E-state index is 0.0804. The van der Waals surface area contributed by atoms with E-state index in [1.165, 1.54) is 20.7 Å². The first-order chi connectivity index (χ1) is 4.75. The van der Waals surface area contributed by atoms with Crippen molar-refractivity contribution < 1.29 is 0 Å². The van der Waals surface area contributed by atoms with Crippen molar-refractivity contribution >= 4 is 32.9 Å². The van der Waals surface area contributed by atoms with Crippen LogP contribution in [-0.2, 0) is 6.54 Å². The van der Waals surface area contributed by atoms with Gasteiger partial charge >= 0.3 is 4.87 Å². The Kier molecular flexibility index (Phi) is 2.76. The summed E-state index contributed by atoms with van der Waals surface area (Å²) < 4.78 is 2.35. The van der Waals surface area contributed by atoms with Crippen LogP contribution in [-0.4, -0.2) is 4.57 Å². The maximum atomic E-state index is 11.0. The molecule has 0 unspecified atom stereocenters. The molecule has 1 aromatic rings. The zero-order chi connectivity index (χ0) is 7.56. The molecule has 1 aromatic heterocycles. The Labute approximate surface area is 71.1 Å². The van der Waals surface area contributed by atoms with Crippen molar-refractivity contribution in [1.29, 1.82) is 0 Å². The zero-order valence-corrected chi connectivity index (χ0v) is 7.94. The van der Waals surface area contributed by atoms with Crippen LogP contribution >= 0.6 is 32.9 Å². The van der Waals surface area contributed by atoms with Crippen LogP contribution in [0.2, 0.25) is 0 Å². The zero-order valence-electron chi connectivity index (χ0n) is 5.49.